The molecule has 3 aliphatic rings. The van der Waals surface area contributed by atoms with E-state index in [9.17, 15) is 18.8 Å². The topological polar surface area (TPSA) is 126 Å². The third-order valence-electron chi connectivity index (χ3n) is 10.5. The summed E-state index contributed by atoms with van der Waals surface area (Å²) in [4.78, 5) is 58.7. The second-order valence-electron chi connectivity index (χ2n) is 14.2. The number of piperidine rings is 1. The van der Waals surface area contributed by atoms with Crippen LogP contribution in [0.1, 0.15) is 72.9 Å². The summed E-state index contributed by atoms with van der Waals surface area (Å²) in [5.74, 6) is 0.174. The number of nitrogens with zero attached hydrogens (tertiary/aromatic N) is 7. The van der Waals surface area contributed by atoms with Gasteiger partial charge < -0.3 is 15.1 Å². The van der Waals surface area contributed by atoms with Gasteiger partial charge in [0.25, 0.3) is 0 Å². The van der Waals surface area contributed by atoms with Crippen LogP contribution in [0.2, 0.25) is 0 Å². The number of pyridine rings is 1. The number of rotatable bonds is 5. The number of hydrogen-bond acceptors (Lipinski definition) is 8. The highest BCUT2D eigenvalue weighted by atomic mass is 79.9. The minimum atomic E-state index is -0.835. The molecule has 7 rings (SSSR count). The number of halogens is 2. The van der Waals surface area contributed by atoms with Crippen molar-refractivity contribution in [2.24, 2.45) is 5.41 Å². The fourth-order valence-electron chi connectivity index (χ4n) is 7.94. The number of allylic oxidation sites excluding steroid dienone is 2. The number of aryl methyl sites for hydroxylation is 1. The molecule has 3 aromatic heterocycles. The largest absolute Gasteiger partial charge is 0.325 e. The number of hydrogen-bond donors (Lipinski definition) is 1. The number of aromatic nitrogens is 5. The Bertz CT molecular complexity index is 2030. The first-order valence-corrected chi connectivity index (χ1v) is 18.4. The summed E-state index contributed by atoms with van der Waals surface area (Å²) in [5, 5.41) is 8.10. The Hall–Kier alpha value is -4.36. The SMILES string of the molecule is CC(=O)c1nn(CC(=O)N2[C@H]3C[C@]4(C[C@@H]24)CN(C)CCCCC/C=C/Cc2ccc(Br)nc2NC3=O)c2c(CF)cc(-c3cnc(C)nc3)cc12. The van der Waals surface area contributed by atoms with Crippen LogP contribution in [-0.2, 0) is 29.2 Å². The smallest absolute Gasteiger partial charge is 0.248 e. The van der Waals surface area contributed by atoms with E-state index in [-0.39, 0.29) is 41.3 Å². The Morgan fingerprint density at radius 1 is 1.08 bits per heavy atom. The molecule has 2 fully saturated rings. The molecule has 3 atom stereocenters. The predicted octanol–water partition coefficient (Wildman–Crippen LogP) is 6.23. The molecule has 2 bridgehead atoms. The normalized spacial score (nSPS) is 23.3. The van der Waals surface area contributed by atoms with Crippen LogP contribution in [0.25, 0.3) is 22.0 Å². The first-order valence-electron chi connectivity index (χ1n) is 17.6. The number of nitrogens with one attached hydrogen (secondary N) is 1. The van der Waals surface area contributed by atoms with E-state index in [4.69, 9.17) is 0 Å². The number of fused-ring (bicyclic) bond motifs is 3. The van der Waals surface area contributed by atoms with E-state index < -0.39 is 12.7 Å². The highest BCUT2D eigenvalue weighted by molar-refractivity contribution is 9.10. The van der Waals surface area contributed by atoms with Gasteiger partial charge in [0.15, 0.2) is 5.78 Å². The second-order valence-corrected chi connectivity index (χ2v) is 15.1. The van der Waals surface area contributed by atoms with Crippen LogP contribution < -0.4 is 5.32 Å². The van der Waals surface area contributed by atoms with Gasteiger partial charge in [0.2, 0.25) is 11.8 Å². The Kier molecular flexibility index (Phi) is 9.86. The van der Waals surface area contributed by atoms with Gasteiger partial charge in [0.1, 0.15) is 41.2 Å². The zero-order valence-corrected chi connectivity index (χ0v) is 30.7. The lowest BCUT2D eigenvalue weighted by atomic mass is 9.98. The van der Waals surface area contributed by atoms with Crippen LogP contribution in [0.4, 0.5) is 10.2 Å². The molecule has 51 heavy (non-hydrogen) atoms. The molecule has 1 spiro atoms. The highest BCUT2D eigenvalue weighted by Gasteiger charge is 2.67. The van der Waals surface area contributed by atoms with Crippen LogP contribution in [0.5, 0.6) is 0 Å². The Morgan fingerprint density at radius 3 is 2.65 bits per heavy atom. The van der Waals surface area contributed by atoms with Crippen molar-refractivity contribution in [2.75, 3.05) is 25.5 Å². The molecule has 1 N–H and O–H groups in total. The zero-order chi connectivity index (χ0) is 35.9. The summed E-state index contributed by atoms with van der Waals surface area (Å²) in [5.41, 5.74) is 2.83. The van der Waals surface area contributed by atoms with Gasteiger partial charge in [-0.2, -0.15) is 5.10 Å². The molecule has 266 valence electrons. The van der Waals surface area contributed by atoms with Gasteiger partial charge >= 0.3 is 0 Å². The lowest BCUT2D eigenvalue weighted by Gasteiger charge is -2.27. The van der Waals surface area contributed by atoms with Crippen LogP contribution in [-0.4, -0.2) is 84.4 Å². The molecule has 4 aromatic rings. The summed E-state index contributed by atoms with van der Waals surface area (Å²) in [6.07, 6.45) is 13.9. The standard InChI is InChI=1S/C38H42BrFN8O3/c1-23(49)34-29-15-26(28-19-41-24(2)42-20-28)14-27(18-40)35(29)47(45-34)21-33(50)48-30-16-38(17-31(38)48)22-46(3)13-9-7-5-4-6-8-10-25-11-12-32(39)43-36(25)44-37(30)51/h6,8,11-12,14-15,19-20,30-31H,4-5,7,9-10,13,16-18,21-22H2,1-3H3,(H,43,44,51)/b8-6+/t30-,31+,38-/m0/s1. The summed E-state index contributed by atoms with van der Waals surface area (Å²) in [6.45, 7) is 3.83. The predicted molar refractivity (Wildman–Crippen MR) is 196 cm³/mol. The molecule has 5 heterocycles. The third kappa shape index (κ3) is 7.10. The fraction of sp³-hybridized carbons (Fsp3) is 0.447. The fourth-order valence-corrected chi connectivity index (χ4v) is 8.25. The molecule has 1 saturated carbocycles. The van der Waals surface area contributed by atoms with Crippen molar-refractivity contribution in [1.82, 2.24) is 34.5 Å². The zero-order valence-electron chi connectivity index (χ0n) is 29.2. The highest BCUT2D eigenvalue weighted by Crippen LogP contribution is 2.60. The Balaban J connectivity index is 1.23. The number of ketones is 1. The molecule has 2 aliphatic heterocycles. The first-order chi connectivity index (χ1) is 24.6. The number of carbonyl (C=O) groups is 3. The van der Waals surface area contributed by atoms with E-state index in [1.54, 1.807) is 36.4 Å². The first kappa shape index (κ1) is 35.1. The van der Waals surface area contributed by atoms with Crippen LogP contribution >= 0.6 is 15.9 Å². The average Bonchev–Trinajstić information content (AvgIpc) is 3.49. The maximum Gasteiger partial charge on any atom is 0.248 e. The van der Waals surface area contributed by atoms with Gasteiger partial charge in [-0.3, -0.25) is 19.1 Å². The number of amides is 2. The van der Waals surface area contributed by atoms with E-state index in [1.807, 2.05) is 12.1 Å². The van der Waals surface area contributed by atoms with Crippen molar-refractivity contribution in [1.29, 1.82) is 0 Å². The molecule has 11 nitrogen and oxygen atoms in total. The molecule has 1 aliphatic carbocycles. The van der Waals surface area contributed by atoms with E-state index in [0.717, 1.165) is 50.8 Å². The molecule has 0 unspecified atom stereocenters. The van der Waals surface area contributed by atoms with E-state index in [2.05, 4.69) is 65.4 Å². The number of likely N-dealkylation sites (tertiary alicyclic amines) is 1. The Morgan fingerprint density at radius 2 is 1.88 bits per heavy atom. The molecule has 1 saturated heterocycles. The maximum absolute atomic E-state index is 14.8. The van der Waals surface area contributed by atoms with Gasteiger partial charge in [0, 0.05) is 53.8 Å². The molecule has 1 aromatic carbocycles. The maximum atomic E-state index is 14.8. The average molecular weight is 758 g/mol. The minimum absolute atomic E-state index is 0.122. The molecular formula is C38H42BrFN8O3. The minimum Gasteiger partial charge on any atom is -0.325 e. The second kappa shape index (κ2) is 14.3. The van der Waals surface area contributed by atoms with Crippen molar-refractivity contribution in [3.05, 3.63) is 76.1 Å². The monoisotopic (exact) mass is 756 g/mol. The Labute approximate surface area is 304 Å². The van der Waals surface area contributed by atoms with Crippen LogP contribution in [0.15, 0.2) is 53.4 Å². The van der Waals surface area contributed by atoms with Crippen molar-refractivity contribution in [2.45, 2.75) is 84.1 Å². The van der Waals surface area contributed by atoms with Gasteiger partial charge in [-0.15, -0.1) is 0 Å². The lowest BCUT2D eigenvalue weighted by Crippen LogP contribution is -2.47. The number of alkyl halides is 1. The molecule has 13 heteroatoms. The summed E-state index contributed by atoms with van der Waals surface area (Å²) in [6, 6.07) is 6.42. The van der Waals surface area contributed by atoms with Crippen LogP contribution in [0, 0.1) is 12.3 Å². The van der Waals surface area contributed by atoms with E-state index in [1.165, 1.54) is 11.6 Å². The van der Waals surface area contributed by atoms with E-state index >= 15 is 0 Å². The van der Waals surface area contributed by atoms with Gasteiger partial charge in [-0.05, 0) is 104 Å². The van der Waals surface area contributed by atoms with Crippen molar-refractivity contribution in [3.8, 4) is 11.1 Å². The number of carbonyl (C=O) groups excluding carboxylic acids is 3. The lowest BCUT2D eigenvalue weighted by molar-refractivity contribution is -0.138. The van der Waals surface area contributed by atoms with Crippen molar-refractivity contribution < 1.29 is 18.8 Å². The quantitative estimate of drug-likeness (QED) is 0.144. The van der Waals surface area contributed by atoms with Crippen LogP contribution in [0.3, 0.4) is 0 Å². The summed E-state index contributed by atoms with van der Waals surface area (Å²) < 4.78 is 16.8. The number of Topliss-reactive ketones (excluding diaryl/α,β-unsaturated/α-hetero) is 1. The van der Waals surface area contributed by atoms with Crippen molar-refractivity contribution in [3.63, 3.8) is 0 Å². The van der Waals surface area contributed by atoms with Crippen molar-refractivity contribution >= 4 is 50.2 Å². The summed E-state index contributed by atoms with van der Waals surface area (Å²) in [7, 11) is 2.12. The van der Waals surface area contributed by atoms with Gasteiger partial charge in [0.05, 0.1) is 5.52 Å². The number of anilines is 1. The molecular weight excluding hydrogens is 715 g/mol. The third-order valence-corrected chi connectivity index (χ3v) is 10.9. The van der Waals surface area contributed by atoms with Gasteiger partial charge in [-0.1, -0.05) is 24.6 Å². The molecule has 0 radical (unpaired) electrons. The number of benzene rings is 1. The summed E-state index contributed by atoms with van der Waals surface area (Å²) >= 11 is 3.45. The van der Waals surface area contributed by atoms with Gasteiger partial charge in [-0.25, -0.2) is 19.3 Å². The van der Waals surface area contributed by atoms with E-state index in [0.29, 0.717) is 56.7 Å². The molecule has 2 amide bonds.